The molecule has 0 saturated carbocycles. The highest BCUT2D eigenvalue weighted by Gasteiger charge is 2.44. The lowest BCUT2D eigenvalue weighted by atomic mass is 9.82. The first kappa shape index (κ1) is 22.1. The fourth-order valence-corrected chi connectivity index (χ4v) is 4.28. The van der Waals surface area contributed by atoms with E-state index in [1.54, 1.807) is 19.1 Å². The smallest absolute Gasteiger partial charge is 0.324 e. The summed E-state index contributed by atoms with van der Waals surface area (Å²) < 4.78 is 28.1. The van der Waals surface area contributed by atoms with Gasteiger partial charge in [-0.1, -0.05) is 11.3 Å². The molecule has 3 rings (SSSR count). The van der Waals surface area contributed by atoms with Gasteiger partial charge in [-0.05, 0) is 51.3 Å². The van der Waals surface area contributed by atoms with Crippen LogP contribution < -0.4 is 11.1 Å². The Morgan fingerprint density at radius 2 is 2.03 bits per heavy atom. The van der Waals surface area contributed by atoms with E-state index in [1.165, 1.54) is 36.3 Å². The van der Waals surface area contributed by atoms with Gasteiger partial charge in [0.2, 0.25) is 5.91 Å². The fraction of sp³-hybridized carbons (Fsp3) is 0.500. The highest BCUT2D eigenvalue weighted by atomic mass is 32.1. The minimum absolute atomic E-state index is 0.271. The highest BCUT2D eigenvalue weighted by Crippen LogP contribution is 2.40. The van der Waals surface area contributed by atoms with Gasteiger partial charge in [0, 0.05) is 19.7 Å². The molecule has 0 unspecified atom stereocenters. The molecule has 1 aliphatic rings. The van der Waals surface area contributed by atoms with Gasteiger partial charge < -0.3 is 10.6 Å². The molecule has 3 heterocycles. The van der Waals surface area contributed by atoms with E-state index in [9.17, 15) is 18.4 Å². The van der Waals surface area contributed by atoms with E-state index in [4.69, 9.17) is 5.73 Å². The third-order valence-corrected chi connectivity index (χ3v) is 6.73. The Balaban J connectivity index is 1.84. The van der Waals surface area contributed by atoms with Crippen LogP contribution in [0.3, 0.4) is 0 Å². The van der Waals surface area contributed by atoms with Crippen molar-refractivity contribution in [2.75, 3.05) is 11.9 Å². The predicted molar refractivity (Wildman–Crippen MR) is 112 cm³/mol. The molecule has 0 aliphatic carbocycles. The molecule has 7 nitrogen and oxygen atoms in total. The lowest BCUT2D eigenvalue weighted by molar-refractivity contribution is -0.121. The van der Waals surface area contributed by atoms with Crippen molar-refractivity contribution >= 4 is 28.4 Å². The van der Waals surface area contributed by atoms with Gasteiger partial charge in [-0.3, -0.25) is 15.1 Å². The molecule has 1 aliphatic heterocycles. The highest BCUT2D eigenvalue weighted by molar-refractivity contribution is 7.19. The van der Waals surface area contributed by atoms with Crippen molar-refractivity contribution in [3.8, 4) is 10.4 Å². The summed E-state index contributed by atoms with van der Waals surface area (Å²) in [4.78, 5) is 34.8. The van der Waals surface area contributed by atoms with Crippen LogP contribution >= 0.6 is 11.3 Å². The van der Waals surface area contributed by atoms with Crippen LogP contribution in [0.1, 0.15) is 45.0 Å². The van der Waals surface area contributed by atoms with Crippen LogP contribution in [0.2, 0.25) is 0 Å². The largest absolute Gasteiger partial charge is 0.368 e. The maximum absolute atomic E-state index is 14.0. The number of carbonyl (C=O) groups excluding carboxylic acids is 2. The van der Waals surface area contributed by atoms with E-state index in [2.05, 4.69) is 15.3 Å². The third-order valence-electron chi connectivity index (χ3n) is 5.61. The number of nitrogens with one attached hydrogen (secondary N) is 1. The number of aromatic nitrogens is 2. The summed E-state index contributed by atoms with van der Waals surface area (Å²) in [5, 5.41) is 3.08. The third kappa shape index (κ3) is 4.14. The van der Waals surface area contributed by atoms with Gasteiger partial charge in [0.1, 0.15) is 6.04 Å². The number of likely N-dealkylation sites (tertiary alicyclic amines) is 1. The standard InChI is InChI=1S/C20H25F2N5O2S/c1-11-15(12-7-8-24-14(10-12)19(2,3)20(4,21)22)30-17(25-11)26-18(29)27-9-5-6-13(27)16(23)28/h7-8,10,13H,5-6,9H2,1-4H3,(H2,23,28)(H,25,26,29)/t13-/m0/s1. The molecule has 0 radical (unpaired) electrons. The summed E-state index contributed by atoms with van der Waals surface area (Å²) in [6.07, 6.45) is 2.75. The first-order valence-corrected chi connectivity index (χ1v) is 10.4. The number of alkyl halides is 2. The number of hydrogen-bond acceptors (Lipinski definition) is 5. The number of halogens is 2. The molecule has 1 atom stereocenters. The van der Waals surface area contributed by atoms with E-state index < -0.39 is 29.3 Å². The Labute approximate surface area is 177 Å². The minimum Gasteiger partial charge on any atom is -0.368 e. The van der Waals surface area contributed by atoms with Crippen molar-refractivity contribution in [1.29, 1.82) is 0 Å². The molecule has 2 aromatic rings. The van der Waals surface area contributed by atoms with Crippen LogP contribution in [-0.4, -0.2) is 45.3 Å². The van der Waals surface area contributed by atoms with E-state index >= 15 is 0 Å². The molecular formula is C20H25F2N5O2S. The van der Waals surface area contributed by atoms with E-state index in [1.807, 2.05) is 0 Å². The van der Waals surface area contributed by atoms with Crippen molar-refractivity contribution in [3.05, 3.63) is 29.7 Å². The molecule has 0 spiro atoms. The number of pyridine rings is 1. The predicted octanol–water partition coefficient (Wildman–Crippen LogP) is 3.93. The Kier molecular flexibility index (Phi) is 5.81. The van der Waals surface area contributed by atoms with Crippen molar-refractivity contribution < 1.29 is 18.4 Å². The first-order valence-electron chi connectivity index (χ1n) is 9.61. The Morgan fingerprint density at radius 3 is 2.67 bits per heavy atom. The van der Waals surface area contributed by atoms with Crippen LogP contribution in [0, 0.1) is 6.92 Å². The van der Waals surface area contributed by atoms with E-state index in [0.717, 1.165) is 11.8 Å². The Morgan fingerprint density at radius 1 is 1.33 bits per heavy atom. The number of nitrogens with zero attached hydrogens (tertiary/aromatic N) is 3. The van der Waals surface area contributed by atoms with Crippen LogP contribution in [0.5, 0.6) is 0 Å². The molecule has 1 fully saturated rings. The van der Waals surface area contributed by atoms with Crippen molar-refractivity contribution in [3.63, 3.8) is 0 Å². The number of anilines is 1. The summed E-state index contributed by atoms with van der Waals surface area (Å²) in [5.74, 6) is -3.48. The Bertz CT molecular complexity index is 970. The summed E-state index contributed by atoms with van der Waals surface area (Å²) in [6, 6.07) is 2.31. The maximum atomic E-state index is 14.0. The number of urea groups is 1. The molecule has 1 saturated heterocycles. The van der Waals surface area contributed by atoms with Gasteiger partial charge in [-0.15, -0.1) is 0 Å². The number of rotatable bonds is 5. The lowest BCUT2D eigenvalue weighted by Crippen LogP contribution is -2.45. The van der Waals surface area contributed by atoms with Gasteiger partial charge in [0.15, 0.2) is 5.13 Å². The molecule has 10 heteroatoms. The molecule has 0 aromatic carbocycles. The van der Waals surface area contributed by atoms with Gasteiger partial charge >= 0.3 is 6.03 Å². The molecular weight excluding hydrogens is 412 g/mol. The Hall–Kier alpha value is -2.62. The summed E-state index contributed by atoms with van der Waals surface area (Å²) in [5.41, 5.74) is 5.55. The fourth-order valence-electron chi connectivity index (χ4n) is 3.33. The number of hydrogen-bond donors (Lipinski definition) is 2. The second kappa shape index (κ2) is 7.90. The second-order valence-electron chi connectivity index (χ2n) is 8.06. The number of primary amides is 1. The van der Waals surface area contributed by atoms with Crippen LogP contribution in [0.4, 0.5) is 18.7 Å². The second-order valence-corrected chi connectivity index (χ2v) is 9.06. The van der Waals surface area contributed by atoms with Crippen LogP contribution in [0.15, 0.2) is 18.3 Å². The molecule has 162 valence electrons. The number of nitrogens with two attached hydrogens (primary N) is 1. The quantitative estimate of drug-likeness (QED) is 0.740. The lowest BCUT2D eigenvalue weighted by Gasteiger charge is -2.30. The number of aryl methyl sites for hydroxylation is 1. The van der Waals surface area contributed by atoms with Crippen molar-refractivity contribution in [2.45, 2.75) is 57.9 Å². The summed E-state index contributed by atoms with van der Waals surface area (Å²) in [6.45, 7) is 6.02. The molecule has 3 N–H and O–H groups in total. The van der Waals surface area contributed by atoms with Crippen LogP contribution in [-0.2, 0) is 10.2 Å². The summed E-state index contributed by atoms with van der Waals surface area (Å²) in [7, 11) is 0. The SMILES string of the molecule is Cc1nc(NC(=O)N2CCC[C@H]2C(N)=O)sc1-c1ccnc(C(C)(C)C(C)(F)F)c1. The average Bonchev–Trinajstić information content (AvgIpc) is 3.28. The molecule has 0 bridgehead atoms. The monoisotopic (exact) mass is 437 g/mol. The normalized spacial score (nSPS) is 17.3. The average molecular weight is 438 g/mol. The zero-order chi connectivity index (χ0) is 22.3. The minimum atomic E-state index is -2.95. The molecule has 3 amide bonds. The number of thiazole rings is 1. The maximum Gasteiger partial charge on any atom is 0.324 e. The van der Waals surface area contributed by atoms with Gasteiger partial charge in [0.25, 0.3) is 5.92 Å². The molecule has 30 heavy (non-hydrogen) atoms. The summed E-state index contributed by atoms with van der Waals surface area (Å²) >= 11 is 1.23. The van der Waals surface area contributed by atoms with Crippen LogP contribution in [0.25, 0.3) is 10.4 Å². The van der Waals surface area contributed by atoms with Gasteiger partial charge in [-0.2, -0.15) is 0 Å². The molecule has 2 aromatic heterocycles. The van der Waals surface area contributed by atoms with Crippen molar-refractivity contribution in [1.82, 2.24) is 14.9 Å². The van der Waals surface area contributed by atoms with Gasteiger partial charge in [-0.25, -0.2) is 18.6 Å². The number of amides is 3. The van der Waals surface area contributed by atoms with Crippen molar-refractivity contribution in [2.24, 2.45) is 5.73 Å². The zero-order valence-corrected chi connectivity index (χ0v) is 18.1. The zero-order valence-electron chi connectivity index (χ0n) is 17.3. The first-order chi connectivity index (χ1) is 13.9. The topological polar surface area (TPSA) is 101 Å². The van der Waals surface area contributed by atoms with E-state index in [-0.39, 0.29) is 5.69 Å². The van der Waals surface area contributed by atoms with Gasteiger partial charge in [0.05, 0.1) is 21.7 Å². The van der Waals surface area contributed by atoms with E-state index in [0.29, 0.717) is 35.8 Å². The number of carbonyl (C=O) groups is 2.